The minimum absolute atomic E-state index is 0.0155. The zero-order valence-electron chi connectivity index (χ0n) is 17.0. The highest BCUT2D eigenvalue weighted by molar-refractivity contribution is 5.93. The maximum atomic E-state index is 12.8. The standard InChI is InChI=1S/C21H32N4O3/c1-16-5-3-10-23-18(16)19(26)24-12-6-17(7-13-24)25-11-4-8-21(15-25,20(22)27)9-14-28-2/h3,5,10,17H,4,6-9,11-15H2,1-2H3,(H2,22,27). The smallest absolute Gasteiger partial charge is 0.272 e. The fourth-order valence-corrected chi connectivity index (χ4v) is 4.60. The lowest BCUT2D eigenvalue weighted by Crippen LogP contribution is -2.56. The van der Waals surface area contributed by atoms with Gasteiger partial charge in [0.15, 0.2) is 0 Å². The van der Waals surface area contributed by atoms with Crippen LogP contribution >= 0.6 is 0 Å². The summed E-state index contributed by atoms with van der Waals surface area (Å²) >= 11 is 0. The van der Waals surface area contributed by atoms with E-state index >= 15 is 0 Å². The van der Waals surface area contributed by atoms with E-state index in [2.05, 4.69) is 9.88 Å². The number of aromatic nitrogens is 1. The van der Waals surface area contributed by atoms with Crippen LogP contribution in [0, 0.1) is 12.3 Å². The number of hydrogen-bond acceptors (Lipinski definition) is 5. The van der Waals surface area contributed by atoms with Crippen molar-refractivity contribution in [3.05, 3.63) is 29.6 Å². The molecule has 1 atom stereocenters. The lowest BCUT2D eigenvalue weighted by atomic mass is 9.76. The van der Waals surface area contributed by atoms with Crippen LogP contribution in [0.5, 0.6) is 0 Å². The Hall–Kier alpha value is -1.99. The quantitative estimate of drug-likeness (QED) is 0.800. The van der Waals surface area contributed by atoms with Crippen molar-refractivity contribution in [1.29, 1.82) is 0 Å². The van der Waals surface area contributed by atoms with E-state index < -0.39 is 5.41 Å². The fourth-order valence-electron chi connectivity index (χ4n) is 4.60. The molecule has 3 heterocycles. The van der Waals surface area contributed by atoms with Crippen molar-refractivity contribution in [2.75, 3.05) is 39.9 Å². The number of ether oxygens (including phenoxy) is 1. The second kappa shape index (κ2) is 9.01. The molecule has 0 bridgehead atoms. The number of rotatable bonds is 6. The Kier molecular flexibility index (Phi) is 6.67. The number of pyridine rings is 1. The lowest BCUT2D eigenvalue weighted by molar-refractivity contribution is -0.133. The molecule has 1 unspecified atom stereocenters. The SMILES string of the molecule is COCCC1(C(N)=O)CCCN(C2CCN(C(=O)c3ncccc3C)CC2)C1. The third-order valence-corrected chi connectivity index (χ3v) is 6.39. The molecule has 2 N–H and O–H groups in total. The number of methoxy groups -OCH3 is 1. The van der Waals surface area contributed by atoms with Gasteiger partial charge in [-0.25, -0.2) is 0 Å². The molecule has 2 fully saturated rings. The Bertz CT molecular complexity index is 703. The summed E-state index contributed by atoms with van der Waals surface area (Å²) in [6.45, 7) is 5.59. The van der Waals surface area contributed by atoms with E-state index in [1.54, 1.807) is 13.3 Å². The van der Waals surface area contributed by atoms with Crippen LogP contribution in [-0.4, -0.2) is 72.5 Å². The van der Waals surface area contributed by atoms with Crippen LogP contribution in [0.25, 0.3) is 0 Å². The number of hydrogen-bond donors (Lipinski definition) is 1. The summed E-state index contributed by atoms with van der Waals surface area (Å²) < 4.78 is 5.22. The molecular formula is C21H32N4O3. The second-order valence-corrected chi connectivity index (χ2v) is 8.15. The van der Waals surface area contributed by atoms with Crippen LogP contribution in [0.1, 0.15) is 48.2 Å². The fraction of sp³-hybridized carbons (Fsp3) is 0.667. The van der Waals surface area contributed by atoms with E-state index in [-0.39, 0.29) is 11.8 Å². The molecule has 2 saturated heterocycles. The van der Waals surface area contributed by atoms with Crippen molar-refractivity contribution in [2.45, 2.75) is 45.1 Å². The first-order valence-corrected chi connectivity index (χ1v) is 10.2. The highest BCUT2D eigenvalue weighted by Gasteiger charge is 2.42. The molecule has 7 heteroatoms. The highest BCUT2D eigenvalue weighted by atomic mass is 16.5. The van der Waals surface area contributed by atoms with Gasteiger partial charge in [0.2, 0.25) is 5.91 Å². The van der Waals surface area contributed by atoms with E-state index in [4.69, 9.17) is 10.5 Å². The molecule has 0 saturated carbocycles. The largest absolute Gasteiger partial charge is 0.385 e. The van der Waals surface area contributed by atoms with Gasteiger partial charge < -0.3 is 15.4 Å². The van der Waals surface area contributed by atoms with Gasteiger partial charge in [-0.05, 0) is 57.2 Å². The molecule has 2 amide bonds. The molecule has 0 aromatic carbocycles. The van der Waals surface area contributed by atoms with E-state index in [9.17, 15) is 9.59 Å². The number of likely N-dealkylation sites (tertiary alicyclic amines) is 2. The van der Waals surface area contributed by atoms with Gasteiger partial charge in [-0.3, -0.25) is 19.5 Å². The summed E-state index contributed by atoms with van der Waals surface area (Å²) in [5.74, 6) is -0.200. The molecule has 7 nitrogen and oxygen atoms in total. The Morgan fingerprint density at radius 3 is 2.71 bits per heavy atom. The van der Waals surface area contributed by atoms with Gasteiger partial charge in [0, 0.05) is 45.6 Å². The summed E-state index contributed by atoms with van der Waals surface area (Å²) in [4.78, 5) is 33.6. The van der Waals surface area contributed by atoms with Crippen molar-refractivity contribution >= 4 is 11.8 Å². The van der Waals surface area contributed by atoms with Crippen LogP contribution in [0.3, 0.4) is 0 Å². The molecule has 154 valence electrons. The molecule has 3 rings (SSSR count). The highest BCUT2D eigenvalue weighted by Crippen LogP contribution is 2.35. The first kappa shape index (κ1) is 20.7. The maximum Gasteiger partial charge on any atom is 0.272 e. The van der Waals surface area contributed by atoms with Gasteiger partial charge in [-0.1, -0.05) is 6.07 Å². The third-order valence-electron chi connectivity index (χ3n) is 6.39. The zero-order chi connectivity index (χ0) is 20.1. The molecule has 2 aliphatic rings. The van der Waals surface area contributed by atoms with E-state index in [0.29, 0.717) is 31.3 Å². The zero-order valence-corrected chi connectivity index (χ0v) is 17.0. The van der Waals surface area contributed by atoms with Gasteiger partial charge >= 0.3 is 0 Å². The molecule has 28 heavy (non-hydrogen) atoms. The number of aryl methyl sites for hydroxylation is 1. The minimum Gasteiger partial charge on any atom is -0.385 e. The first-order chi connectivity index (χ1) is 13.5. The van der Waals surface area contributed by atoms with Gasteiger partial charge in [-0.15, -0.1) is 0 Å². The predicted molar refractivity (Wildman–Crippen MR) is 107 cm³/mol. The van der Waals surface area contributed by atoms with Gasteiger partial charge in [-0.2, -0.15) is 0 Å². The van der Waals surface area contributed by atoms with Crippen LogP contribution in [-0.2, 0) is 9.53 Å². The van der Waals surface area contributed by atoms with Crippen molar-refractivity contribution < 1.29 is 14.3 Å². The summed E-state index contributed by atoms with van der Waals surface area (Å²) in [5, 5.41) is 0. The number of amides is 2. The topological polar surface area (TPSA) is 88.8 Å². The van der Waals surface area contributed by atoms with Crippen molar-refractivity contribution in [1.82, 2.24) is 14.8 Å². The monoisotopic (exact) mass is 388 g/mol. The summed E-state index contributed by atoms with van der Waals surface area (Å²) in [7, 11) is 1.66. The number of piperidine rings is 2. The Morgan fingerprint density at radius 2 is 2.07 bits per heavy atom. The molecule has 0 aliphatic carbocycles. The van der Waals surface area contributed by atoms with Crippen molar-refractivity contribution in [2.24, 2.45) is 11.1 Å². The molecular weight excluding hydrogens is 356 g/mol. The third kappa shape index (κ3) is 4.36. The van der Waals surface area contributed by atoms with Crippen LogP contribution in [0.2, 0.25) is 0 Å². The number of nitrogens with zero attached hydrogens (tertiary/aromatic N) is 3. The average molecular weight is 389 g/mol. The van der Waals surface area contributed by atoms with Gasteiger partial charge in [0.1, 0.15) is 5.69 Å². The van der Waals surface area contributed by atoms with Crippen molar-refractivity contribution in [3.63, 3.8) is 0 Å². The Balaban J connectivity index is 1.60. The van der Waals surface area contributed by atoms with E-state index in [1.807, 2.05) is 24.0 Å². The van der Waals surface area contributed by atoms with Gasteiger partial charge in [0.05, 0.1) is 5.41 Å². The first-order valence-electron chi connectivity index (χ1n) is 10.2. The maximum absolute atomic E-state index is 12.8. The molecule has 0 radical (unpaired) electrons. The molecule has 1 aromatic rings. The predicted octanol–water partition coefficient (Wildman–Crippen LogP) is 1.60. The number of nitrogens with two attached hydrogens (primary N) is 1. The number of primary amides is 1. The summed E-state index contributed by atoms with van der Waals surface area (Å²) in [5.41, 5.74) is 6.76. The average Bonchev–Trinajstić information content (AvgIpc) is 2.72. The second-order valence-electron chi connectivity index (χ2n) is 8.15. The van der Waals surface area contributed by atoms with Crippen molar-refractivity contribution in [3.8, 4) is 0 Å². The normalized spacial score (nSPS) is 24.3. The molecule has 0 spiro atoms. The van der Waals surface area contributed by atoms with Crippen LogP contribution < -0.4 is 5.73 Å². The van der Waals surface area contributed by atoms with Gasteiger partial charge in [0.25, 0.3) is 5.91 Å². The number of carbonyl (C=O) groups is 2. The van der Waals surface area contributed by atoms with E-state index in [1.165, 1.54) is 0 Å². The van der Waals surface area contributed by atoms with Crippen LogP contribution in [0.4, 0.5) is 0 Å². The van der Waals surface area contributed by atoms with E-state index in [0.717, 1.165) is 50.9 Å². The Morgan fingerprint density at radius 1 is 1.32 bits per heavy atom. The number of carbonyl (C=O) groups excluding carboxylic acids is 2. The lowest BCUT2D eigenvalue weighted by Gasteiger charge is -2.46. The summed E-state index contributed by atoms with van der Waals surface area (Å²) in [6, 6.07) is 4.16. The minimum atomic E-state index is -0.494. The molecule has 1 aromatic heterocycles. The summed E-state index contributed by atoms with van der Waals surface area (Å²) in [6.07, 6.45) is 5.97. The van der Waals surface area contributed by atoms with Crippen LogP contribution in [0.15, 0.2) is 18.3 Å². The Labute approximate surface area is 167 Å². The molecule has 2 aliphatic heterocycles.